The van der Waals surface area contributed by atoms with E-state index in [4.69, 9.17) is 12.2 Å². The molecule has 0 unspecified atom stereocenters. The predicted octanol–water partition coefficient (Wildman–Crippen LogP) is 5.47. The molecule has 0 saturated carbocycles. The molecule has 0 aliphatic carbocycles. The summed E-state index contributed by atoms with van der Waals surface area (Å²) in [6, 6.07) is 8.94. The maximum atomic E-state index is 11.4. The van der Waals surface area contributed by atoms with E-state index in [1.807, 2.05) is 6.92 Å². The van der Waals surface area contributed by atoms with Gasteiger partial charge in [-0.25, -0.2) is 0 Å². The molecular formula is C22H39N3OSSn. The summed E-state index contributed by atoms with van der Waals surface area (Å²) >= 11 is 2.89. The van der Waals surface area contributed by atoms with Crippen LogP contribution >= 0.6 is 12.2 Å². The molecule has 1 rings (SSSR count). The molecule has 0 heterocycles. The first-order chi connectivity index (χ1) is 13.5. The molecular weight excluding hydrogens is 473 g/mol. The van der Waals surface area contributed by atoms with Crippen LogP contribution in [0.15, 0.2) is 24.3 Å². The van der Waals surface area contributed by atoms with E-state index in [-0.39, 0.29) is 5.91 Å². The van der Waals surface area contributed by atoms with Gasteiger partial charge in [-0.3, -0.25) is 0 Å². The topological polar surface area (TPSA) is 53.2 Å². The SMILES string of the molecule is CCC[CH2][Sn]([CH2]CCC)([CH2]CCC)[c]1cccc(NC(=S)NNC(=O)CC)c1. The van der Waals surface area contributed by atoms with Crippen LogP contribution in [0, 0.1) is 0 Å². The molecule has 0 saturated heterocycles. The third-order valence-electron chi connectivity index (χ3n) is 5.40. The first-order valence-corrected chi connectivity index (χ1v) is 18.9. The Morgan fingerprint density at radius 1 is 0.929 bits per heavy atom. The molecule has 0 radical (unpaired) electrons. The van der Waals surface area contributed by atoms with Crippen LogP contribution in [-0.2, 0) is 4.79 Å². The Bertz CT molecular complexity index is 587. The van der Waals surface area contributed by atoms with Gasteiger partial charge in [-0.2, -0.15) is 0 Å². The summed E-state index contributed by atoms with van der Waals surface area (Å²) in [5.74, 6) is -0.0770. The van der Waals surface area contributed by atoms with Crippen LogP contribution in [-0.4, -0.2) is 29.4 Å². The first-order valence-electron chi connectivity index (χ1n) is 11.0. The van der Waals surface area contributed by atoms with E-state index in [2.05, 4.69) is 61.2 Å². The van der Waals surface area contributed by atoms with Crippen LogP contribution in [0.5, 0.6) is 0 Å². The van der Waals surface area contributed by atoms with E-state index >= 15 is 0 Å². The summed E-state index contributed by atoms with van der Waals surface area (Å²) in [5, 5.41) is 3.67. The quantitative estimate of drug-likeness (QED) is 0.198. The van der Waals surface area contributed by atoms with E-state index in [1.54, 1.807) is 3.58 Å². The summed E-state index contributed by atoms with van der Waals surface area (Å²) in [4.78, 5) is 11.4. The maximum absolute atomic E-state index is 11.4. The van der Waals surface area contributed by atoms with E-state index in [9.17, 15) is 4.79 Å². The molecule has 28 heavy (non-hydrogen) atoms. The van der Waals surface area contributed by atoms with Crippen LogP contribution in [0.3, 0.4) is 0 Å². The predicted molar refractivity (Wildman–Crippen MR) is 129 cm³/mol. The second-order valence-corrected chi connectivity index (χ2v) is 21.3. The van der Waals surface area contributed by atoms with Gasteiger partial charge < -0.3 is 0 Å². The van der Waals surface area contributed by atoms with Gasteiger partial charge in [0.2, 0.25) is 0 Å². The average Bonchev–Trinajstić information content (AvgIpc) is 2.72. The van der Waals surface area contributed by atoms with Crippen molar-refractivity contribution in [1.29, 1.82) is 0 Å². The molecule has 0 spiro atoms. The molecule has 158 valence electrons. The molecule has 0 aliphatic rings. The molecule has 0 fully saturated rings. The van der Waals surface area contributed by atoms with Gasteiger partial charge in [-0.15, -0.1) is 0 Å². The fraction of sp³-hybridized carbons (Fsp3) is 0.636. The van der Waals surface area contributed by atoms with Crippen LogP contribution in [0.1, 0.15) is 72.6 Å². The van der Waals surface area contributed by atoms with Crippen molar-refractivity contribution >= 4 is 50.9 Å². The van der Waals surface area contributed by atoms with Crippen molar-refractivity contribution in [3.8, 4) is 0 Å². The van der Waals surface area contributed by atoms with Gasteiger partial charge in [0.15, 0.2) is 0 Å². The van der Waals surface area contributed by atoms with E-state index in [0.29, 0.717) is 11.5 Å². The normalized spacial score (nSPS) is 11.1. The zero-order valence-corrected chi connectivity index (χ0v) is 21.9. The van der Waals surface area contributed by atoms with Gasteiger partial charge in [-0.1, -0.05) is 0 Å². The number of thiocarbonyl (C=S) groups is 1. The van der Waals surface area contributed by atoms with Gasteiger partial charge in [0.25, 0.3) is 0 Å². The zero-order valence-electron chi connectivity index (χ0n) is 18.2. The van der Waals surface area contributed by atoms with Crippen molar-refractivity contribution < 1.29 is 4.79 Å². The molecule has 1 aromatic carbocycles. The van der Waals surface area contributed by atoms with Gasteiger partial charge in [0, 0.05) is 0 Å². The first kappa shape index (κ1) is 25.2. The minimum atomic E-state index is -2.44. The van der Waals surface area contributed by atoms with Gasteiger partial charge in [0.1, 0.15) is 0 Å². The Morgan fingerprint density at radius 2 is 1.50 bits per heavy atom. The van der Waals surface area contributed by atoms with Crippen molar-refractivity contribution in [2.75, 3.05) is 5.32 Å². The number of rotatable bonds is 12. The monoisotopic (exact) mass is 513 g/mol. The second kappa shape index (κ2) is 14.2. The van der Waals surface area contributed by atoms with E-state index in [0.717, 1.165) is 5.69 Å². The second-order valence-electron chi connectivity index (χ2n) is 7.65. The number of hydrogen-bond donors (Lipinski definition) is 3. The van der Waals surface area contributed by atoms with Crippen molar-refractivity contribution in [2.45, 2.75) is 86.0 Å². The number of hydrazine groups is 1. The van der Waals surface area contributed by atoms with Crippen LogP contribution in [0.2, 0.25) is 13.3 Å². The van der Waals surface area contributed by atoms with Crippen molar-refractivity contribution in [3.05, 3.63) is 24.3 Å². The molecule has 0 aliphatic heterocycles. The summed E-state index contributed by atoms with van der Waals surface area (Å²) in [5.41, 5.74) is 6.40. The number of anilines is 1. The molecule has 1 amide bonds. The van der Waals surface area contributed by atoms with Gasteiger partial charge in [0.05, 0.1) is 0 Å². The number of unbranched alkanes of at least 4 members (excludes halogenated alkanes) is 3. The van der Waals surface area contributed by atoms with Gasteiger partial charge >= 0.3 is 182 Å². The molecule has 1 aromatic rings. The Hall–Kier alpha value is -0.821. The number of hydrogen-bond acceptors (Lipinski definition) is 2. The number of nitrogens with one attached hydrogen (secondary N) is 3. The molecule has 6 heteroatoms. The molecule has 3 N–H and O–H groups in total. The van der Waals surface area contributed by atoms with Crippen LogP contribution in [0.4, 0.5) is 5.69 Å². The Labute approximate surface area is 181 Å². The summed E-state index contributed by atoms with van der Waals surface area (Å²) < 4.78 is 5.97. The van der Waals surface area contributed by atoms with Crippen LogP contribution in [0.25, 0.3) is 0 Å². The number of carbonyl (C=O) groups is 1. The molecule has 0 bridgehead atoms. The zero-order chi connectivity index (χ0) is 20.8. The van der Waals surface area contributed by atoms with Crippen LogP contribution < -0.4 is 19.7 Å². The third-order valence-corrected chi connectivity index (χ3v) is 21.2. The van der Waals surface area contributed by atoms with E-state index in [1.165, 1.54) is 51.8 Å². The summed E-state index contributed by atoms with van der Waals surface area (Å²) in [6.07, 6.45) is 8.31. The minimum absolute atomic E-state index is 0.0770. The Kier molecular flexibility index (Phi) is 12.8. The fourth-order valence-corrected chi connectivity index (χ4v) is 19.9. The molecule has 4 nitrogen and oxygen atoms in total. The van der Waals surface area contributed by atoms with Crippen molar-refractivity contribution in [3.63, 3.8) is 0 Å². The Morgan fingerprint density at radius 3 is 2.00 bits per heavy atom. The van der Waals surface area contributed by atoms with Crippen molar-refractivity contribution in [1.82, 2.24) is 10.9 Å². The molecule has 0 atom stereocenters. The van der Waals surface area contributed by atoms with Gasteiger partial charge in [-0.05, 0) is 0 Å². The standard InChI is InChI=1S/C10H12N3OS.3C4H9.Sn/c1-2-9(14)12-13-10(15)11-8-6-4-3-5-7-8;3*1-3-4-2;/h3-4,6-7H,2H2,1H3,(H,12,14)(H2,11,13,15);3*1,3-4H2,2H3;. The molecule has 0 aromatic heterocycles. The number of benzene rings is 1. The van der Waals surface area contributed by atoms with E-state index < -0.39 is 18.4 Å². The summed E-state index contributed by atoms with van der Waals surface area (Å²) in [6.45, 7) is 8.74. The number of carbonyl (C=O) groups excluding carboxylic acids is 1. The average molecular weight is 512 g/mol. The fourth-order valence-electron chi connectivity index (χ4n) is 3.66. The third kappa shape index (κ3) is 8.68. The summed E-state index contributed by atoms with van der Waals surface area (Å²) in [7, 11) is 0. The number of amides is 1. The Balaban J connectivity index is 3.01. The van der Waals surface area contributed by atoms with Crippen molar-refractivity contribution in [2.24, 2.45) is 0 Å².